The van der Waals surface area contributed by atoms with Crippen LogP contribution in [0.2, 0.25) is 0 Å². The van der Waals surface area contributed by atoms with Gasteiger partial charge in [0.05, 0.1) is 0 Å². The molecule has 2 saturated heterocycles. The summed E-state index contributed by atoms with van der Waals surface area (Å²) >= 11 is 0. The van der Waals surface area contributed by atoms with Crippen LogP contribution in [-0.2, 0) is 11.2 Å². The number of carbonyl (C=O) groups is 1. The normalized spacial score (nSPS) is 20.8. The standard InChI is InChI=1S/C19H29N3O.ClH/c23-19(9-8-17-6-2-1-3-7-17)22(18-10-11-20-16-18)15-14-21-12-4-5-13-21;/h1-3,6-7,18,20H,4-5,8-16H2;1H. The number of aryl methyl sites for hydroxylation is 1. The van der Waals surface area contributed by atoms with Crippen molar-refractivity contribution in [1.82, 2.24) is 15.1 Å². The first-order valence-corrected chi connectivity index (χ1v) is 9.09. The molecule has 0 saturated carbocycles. The maximum atomic E-state index is 12.8. The first kappa shape index (κ1) is 19.2. The van der Waals surface area contributed by atoms with Gasteiger partial charge in [-0.15, -0.1) is 12.4 Å². The highest BCUT2D eigenvalue weighted by atomic mass is 35.5. The number of nitrogens with one attached hydrogen (secondary N) is 1. The molecule has 0 radical (unpaired) electrons. The summed E-state index contributed by atoms with van der Waals surface area (Å²) in [5.74, 6) is 0.321. The van der Waals surface area contributed by atoms with Crippen molar-refractivity contribution >= 4 is 18.3 Å². The topological polar surface area (TPSA) is 35.6 Å². The number of halogens is 1. The molecule has 2 heterocycles. The summed E-state index contributed by atoms with van der Waals surface area (Å²) in [6.45, 7) is 6.32. The van der Waals surface area contributed by atoms with Crippen molar-refractivity contribution in [2.45, 2.75) is 38.1 Å². The molecule has 0 bridgehead atoms. The van der Waals surface area contributed by atoms with Gasteiger partial charge in [-0.2, -0.15) is 0 Å². The lowest BCUT2D eigenvalue weighted by atomic mass is 10.1. The van der Waals surface area contributed by atoms with E-state index in [1.54, 1.807) is 0 Å². The zero-order valence-electron chi connectivity index (χ0n) is 14.5. The molecule has 2 aliphatic heterocycles. The van der Waals surface area contributed by atoms with Crippen LogP contribution in [0.5, 0.6) is 0 Å². The van der Waals surface area contributed by atoms with Crippen molar-refractivity contribution in [1.29, 1.82) is 0 Å². The summed E-state index contributed by atoms with van der Waals surface area (Å²) in [7, 11) is 0. The Hall–Kier alpha value is -1.10. The van der Waals surface area contributed by atoms with E-state index in [2.05, 4.69) is 27.2 Å². The van der Waals surface area contributed by atoms with Gasteiger partial charge in [0.2, 0.25) is 5.91 Å². The van der Waals surface area contributed by atoms with Gasteiger partial charge in [-0.3, -0.25) is 4.79 Å². The highest BCUT2D eigenvalue weighted by Gasteiger charge is 2.26. The fraction of sp³-hybridized carbons (Fsp3) is 0.632. The van der Waals surface area contributed by atoms with E-state index in [9.17, 15) is 4.79 Å². The number of hydrogen-bond acceptors (Lipinski definition) is 3. The van der Waals surface area contributed by atoms with Gasteiger partial charge >= 0.3 is 0 Å². The highest BCUT2D eigenvalue weighted by molar-refractivity contribution is 5.85. The molecule has 1 unspecified atom stereocenters. The fourth-order valence-corrected chi connectivity index (χ4v) is 3.71. The molecule has 2 fully saturated rings. The van der Waals surface area contributed by atoms with Gasteiger partial charge in [-0.05, 0) is 50.9 Å². The maximum Gasteiger partial charge on any atom is 0.223 e. The molecule has 5 heteroatoms. The first-order chi connectivity index (χ1) is 11.3. The summed E-state index contributed by atoms with van der Waals surface area (Å²) in [5.41, 5.74) is 1.25. The Morgan fingerprint density at radius 1 is 1.21 bits per heavy atom. The predicted molar refractivity (Wildman–Crippen MR) is 101 cm³/mol. The molecule has 134 valence electrons. The van der Waals surface area contributed by atoms with E-state index in [-0.39, 0.29) is 12.4 Å². The summed E-state index contributed by atoms with van der Waals surface area (Å²) in [6, 6.07) is 10.7. The van der Waals surface area contributed by atoms with Gasteiger partial charge in [0.15, 0.2) is 0 Å². The lowest BCUT2D eigenvalue weighted by molar-refractivity contribution is -0.133. The van der Waals surface area contributed by atoms with Crippen molar-refractivity contribution in [2.24, 2.45) is 0 Å². The van der Waals surface area contributed by atoms with E-state index in [0.717, 1.165) is 39.0 Å². The van der Waals surface area contributed by atoms with E-state index >= 15 is 0 Å². The van der Waals surface area contributed by atoms with Crippen molar-refractivity contribution in [2.75, 3.05) is 39.3 Å². The predicted octanol–water partition coefficient (Wildman–Crippen LogP) is 2.33. The number of benzene rings is 1. The number of nitrogens with zero attached hydrogens (tertiary/aromatic N) is 2. The van der Waals surface area contributed by atoms with Crippen LogP contribution in [0.15, 0.2) is 30.3 Å². The number of amides is 1. The Labute approximate surface area is 152 Å². The number of carbonyl (C=O) groups excluding carboxylic acids is 1. The monoisotopic (exact) mass is 351 g/mol. The number of likely N-dealkylation sites (tertiary alicyclic amines) is 1. The molecule has 3 rings (SSSR count). The second kappa shape index (κ2) is 10.0. The van der Waals surface area contributed by atoms with Gasteiger partial charge in [0.1, 0.15) is 0 Å². The quantitative estimate of drug-likeness (QED) is 0.819. The molecule has 1 amide bonds. The Bertz CT molecular complexity index is 485. The number of rotatable bonds is 7. The van der Waals surface area contributed by atoms with Gasteiger partial charge in [-0.1, -0.05) is 30.3 Å². The van der Waals surface area contributed by atoms with E-state index < -0.39 is 0 Å². The molecule has 1 atom stereocenters. The Morgan fingerprint density at radius 3 is 2.62 bits per heavy atom. The minimum absolute atomic E-state index is 0. The first-order valence-electron chi connectivity index (χ1n) is 9.09. The lowest BCUT2D eigenvalue weighted by Gasteiger charge is -2.30. The van der Waals surface area contributed by atoms with Crippen LogP contribution in [0.25, 0.3) is 0 Å². The van der Waals surface area contributed by atoms with Crippen LogP contribution in [-0.4, -0.2) is 61.0 Å². The highest BCUT2D eigenvalue weighted by Crippen LogP contribution is 2.14. The van der Waals surface area contributed by atoms with Gasteiger partial charge in [0, 0.05) is 32.1 Å². The average molecular weight is 352 g/mol. The van der Waals surface area contributed by atoms with E-state index in [1.807, 2.05) is 18.2 Å². The third-order valence-electron chi connectivity index (χ3n) is 5.12. The molecule has 24 heavy (non-hydrogen) atoms. The lowest BCUT2D eigenvalue weighted by Crippen LogP contribution is -2.45. The molecular weight excluding hydrogens is 322 g/mol. The SMILES string of the molecule is Cl.O=C(CCc1ccccc1)N(CCN1CCCC1)C1CCNC1. The Kier molecular flexibility index (Phi) is 8.03. The molecular formula is C19H30ClN3O. The molecule has 1 aromatic rings. The van der Waals surface area contributed by atoms with E-state index in [0.29, 0.717) is 18.4 Å². The molecule has 1 aromatic carbocycles. The third-order valence-corrected chi connectivity index (χ3v) is 5.12. The Balaban J connectivity index is 0.00000208. The maximum absolute atomic E-state index is 12.8. The minimum atomic E-state index is 0. The van der Waals surface area contributed by atoms with Crippen molar-refractivity contribution in [3.63, 3.8) is 0 Å². The summed E-state index contributed by atoms with van der Waals surface area (Å²) in [4.78, 5) is 17.4. The zero-order valence-corrected chi connectivity index (χ0v) is 15.3. The molecule has 0 aromatic heterocycles. The van der Waals surface area contributed by atoms with Gasteiger partial charge in [0.25, 0.3) is 0 Å². The molecule has 4 nitrogen and oxygen atoms in total. The van der Waals surface area contributed by atoms with Crippen LogP contribution in [0.3, 0.4) is 0 Å². The zero-order chi connectivity index (χ0) is 15.9. The number of hydrogen-bond donors (Lipinski definition) is 1. The summed E-state index contributed by atoms with van der Waals surface area (Å²) in [5, 5.41) is 3.40. The smallest absolute Gasteiger partial charge is 0.223 e. The van der Waals surface area contributed by atoms with E-state index in [4.69, 9.17) is 0 Å². The van der Waals surface area contributed by atoms with Crippen LogP contribution in [0.1, 0.15) is 31.2 Å². The molecule has 2 aliphatic rings. The van der Waals surface area contributed by atoms with Crippen LogP contribution < -0.4 is 5.32 Å². The molecule has 0 aliphatic carbocycles. The van der Waals surface area contributed by atoms with Crippen LogP contribution in [0.4, 0.5) is 0 Å². The van der Waals surface area contributed by atoms with Crippen LogP contribution >= 0.6 is 12.4 Å². The summed E-state index contributed by atoms with van der Waals surface area (Å²) < 4.78 is 0. The second-order valence-corrected chi connectivity index (χ2v) is 6.77. The van der Waals surface area contributed by atoms with Crippen molar-refractivity contribution in [3.8, 4) is 0 Å². The van der Waals surface area contributed by atoms with Crippen molar-refractivity contribution in [3.05, 3.63) is 35.9 Å². The third kappa shape index (κ3) is 5.47. The average Bonchev–Trinajstić information content (AvgIpc) is 3.28. The largest absolute Gasteiger partial charge is 0.337 e. The molecule has 0 spiro atoms. The van der Waals surface area contributed by atoms with Gasteiger partial charge in [-0.25, -0.2) is 0 Å². The van der Waals surface area contributed by atoms with E-state index in [1.165, 1.54) is 31.5 Å². The van der Waals surface area contributed by atoms with Gasteiger partial charge < -0.3 is 15.1 Å². The second-order valence-electron chi connectivity index (χ2n) is 6.77. The fourth-order valence-electron chi connectivity index (χ4n) is 3.71. The molecule has 1 N–H and O–H groups in total. The van der Waals surface area contributed by atoms with Crippen LogP contribution in [0, 0.1) is 0 Å². The Morgan fingerprint density at radius 2 is 1.96 bits per heavy atom. The summed E-state index contributed by atoms with van der Waals surface area (Å²) in [6.07, 6.45) is 5.19. The van der Waals surface area contributed by atoms with Crippen molar-refractivity contribution < 1.29 is 4.79 Å². The minimum Gasteiger partial charge on any atom is -0.337 e.